The van der Waals surface area contributed by atoms with Crippen LogP contribution in [-0.2, 0) is 9.59 Å². The van der Waals surface area contributed by atoms with Crippen molar-refractivity contribution >= 4 is 40.5 Å². The maximum atomic E-state index is 12.2. The molecule has 0 aliphatic carbocycles. The minimum absolute atomic E-state index is 0.0730. The molecular formula is C15H17NO4S2. The van der Waals surface area contributed by atoms with E-state index < -0.39 is 12.0 Å². The number of rotatable bonds is 5. The van der Waals surface area contributed by atoms with Gasteiger partial charge in [-0.1, -0.05) is 42.1 Å². The Morgan fingerprint density at radius 3 is 2.68 bits per heavy atom. The maximum absolute atomic E-state index is 12.2. The van der Waals surface area contributed by atoms with E-state index in [0.717, 1.165) is 17.5 Å². The van der Waals surface area contributed by atoms with Crippen molar-refractivity contribution in [1.29, 1.82) is 0 Å². The van der Waals surface area contributed by atoms with Gasteiger partial charge in [-0.2, -0.15) is 0 Å². The molecule has 118 valence electrons. The predicted octanol–water partition coefficient (Wildman–Crippen LogP) is 2.33. The van der Waals surface area contributed by atoms with E-state index in [1.807, 2.05) is 6.07 Å². The molecule has 1 amide bonds. The van der Waals surface area contributed by atoms with Crippen LogP contribution >= 0.6 is 23.5 Å². The van der Waals surface area contributed by atoms with Crippen LogP contribution in [0.1, 0.15) is 23.2 Å². The van der Waals surface area contributed by atoms with E-state index in [1.54, 1.807) is 36.0 Å². The Bertz CT molecular complexity index is 550. The highest BCUT2D eigenvalue weighted by atomic mass is 32.2. The molecule has 2 rings (SSSR count). The van der Waals surface area contributed by atoms with E-state index >= 15 is 0 Å². The van der Waals surface area contributed by atoms with Gasteiger partial charge in [0.25, 0.3) is 0 Å². The minimum Gasteiger partial charge on any atom is -0.480 e. The lowest BCUT2D eigenvalue weighted by atomic mass is 10.2. The van der Waals surface area contributed by atoms with Gasteiger partial charge in [0, 0.05) is 17.7 Å². The van der Waals surface area contributed by atoms with Gasteiger partial charge in [0.05, 0.1) is 5.88 Å². The van der Waals surface area contributed by atoms with E-state index in [9.17, 15) is 14.4 Å². The third kappa shape index (κ3) is 4.51. The van der Waals surface area contributed by atoms with Crippen molar-refractivity contribution in [2.45, 2.75) is 18.9 Å². The summed E-state index contributed by atoms with van der Waals surface area (Å²) in [5.74, 6) is 0.365. The molecule has 0 aromatic heterocycles. The van der Waals surface area contributed by atoms with Crippen LogP contribution in [0.4, 0.5) is 0 Å². The number of carboxylic acid groups (broad SMARTS) is 1. The normalized spacial score (nSPS) is 18.0. The Morgan fingerprint density at radius 2 is 2.00 bits per heavy atom. The van der Waals surface area contributed by atoms with Crippen LogP contribution in [0.5, 0.6) is 0 Å². The van der Waals surface area contributed by atoms with Crippen molar-refractivity contribution in [3.63, 3.8) is 0 Å². The smallest absolute Gasteiger partial charge is 0.326 e. The summed E-state index contributed by atoms with van der Waals surface area (Å²) in [4.78, 5) is 36.7. The van der Waals surface area contributed by atoms with Crippen LogP contribution in [0.2, 0.25) is 0 Å². The highest BCUT2D eigenvalue weighted by molar-refractivity contribution is 8.14. The first kappa shape index (κ1) is 16.9. The molecular weight excluding hydrogens is 322 g/mol. The molecule has 1 fully saturated rings. The van der Waals surface area contributed by atoms with Gasteiger partial charge in [-0.15, -0.1) is 11.8 Å². The largest absolute Gasteiger partial charge is 0.480 e. The molecule has 1 unspecified atom stereocenters. The van der Waals surface area contributed by atoms with Gasteiger partial charge in [-0.3, -0.25) is 9.59 Å². The van der Waals surface area contributed by atoms with Crippen LogP contribution in [0.3, 0.4) is 0 Å². The fourth-order valence-corrected chi connectivity index (χ4v) is 3.94. The monoisotopic (exact) mass is 339 g/mol. The molecule has 0 saturated carbocycles. The summed E-state index contributed by atoms with van der Waals surface area (Å²) >= 11 is 2.65. The molecule has 22 heavy (non-hydrogen) atoms. The fraction of sp³-hybridized carbons (Fsp3) is 0.400. The maximum Gasteiger partial charge on any atom is 0.326 e. The SMILES string of the molecule is O=C(SCCC(=O)N1CSCCC1C(=O)O)c1ccccc1. The Hall–Kier alpha value is -1.47. The van der Waals surface area contributed by atoms with Gasteiger partial charge in [0.2, 0.25) is 11.0 Å². The fourth-order valence-electron chi connectivity index (χ4n) is 2.14. The number of hydrogen-bond donors (Lipinski definition) is 1. The van der Waals surface area contributed by atoms with Crippen molar-refractivity contribution in [3.05, 3.63) is 35.9 Å². The van der Waals surface area contributed by atoms with Crippen LogP contribution in [0, 0.1) is 0 Å². The number of aliphatic carboxylic acids is 1. The third-order valence-corrected chi connectivity index (χ3v) is 5.20. The topological polar surface area (TPSA) is 74.7 Å². The molecule has 1 aromatic rings. The molecule has 0 bridgehead atoms. The lowest BCUT2D eigenvalue weighted by Gasteiger charge is -2.32. The van der Waals surface area contributed by atoms with Crippen molar-refractivity contribution < 1.29 is 19.5 Å². The van der Waals surface area contributed by atoms with Crippen LogP contribution in [-0.4, -0.2) is 50.4 Å². The first-order chi connectivity index (χ1) is 10.6. The molecule has 0 spiro atoms. The second kappa shape index (κ2) is 8.24. The summed E-state index contributed by atoms with van der Waals surface area (Å²) in [6.07, 6.45) is 0.648. The first-order valence-electron chi connectivity index (χ1n) is 6.92. The zero-order valence-electron chi connectivity index (χ0n) is 11.9. The average molecular weight is 339 g/mol. The van der Waals surface area contributed by atoms with Crippen molar-refractivity contribution in [1.82, 2.24) is 4.90 Å². The Balaban J connectivity index is 1.82. The van der Waals surface area contributed by atoms with E-state index in [4.69, 9.17) is 5.11 Å². The van der Waals surface area contributed by atoms with Crippen molar-refractivity contribution in [3.8, 4) is 0 Å². The molecule has 1 saturated heterocycles. The Kier molecular flexibility index (Phi) is 6.33. The Labute approximate surface area is 137 Å². The van der Waals surface area contributed by atoms with E-state index in [-0.39, 0.29) is 17.4 Å². The number of hydrogen-bond acceptors (Lipinski definition) is 5. The number of nitrogens with zero attached hydrogens (tertiary/aromatic N) is 1. The minimum atomic E-state index is -0.957. The number of amides is 1. The summed E-state index contributed by atoms with van der Waals surface area (Å²) in [5, 5.41) is 9.08. The number of thioether (sulfide) groups is 2. The van der Waals surface area contributed by atoms with Crippen LogP contribution < -0.4 is 0 Å². The van der Waals surface area contributed by atoms with Gasteiger partial charge >= 0.3 is 5.97 Å². The molecule has 7 heteroatoms. The van der Waals surface area contributed by atoms with Gasteiger partial charge in [0.1, 0.15) is 6.04 Å². The molecule has 1 atom stereocenters. The number of carboxylic acids is 1. The molecule has 1 aliphatic rings. The lowest BCUT2D eigenvalue weighted by Crippen LogP contribution is -2.47. The highest BCUT2D eigenvalue weighted by Crippen LogP contribution is 2.22. The Morgan fingerprint density at radius 1 is 1.27 bits per heavy atom. The first-order valence-corrected chi connectivity index (χ1v) is 9.06. The third-order valence-electron chi connectivity index (χ3n) is 3.31. The van der Waals surface area contributed by atoms with E-state index in [0.29, 0.717) is 23.6 Å². The summed E-state index contributed by atoms with van der Waals surface area (Å²) < 4.78 is 0. The van der Waals surface area contributed by atoms with E-state index in [1.165, 1.54) is 4.90 Å². The van der Waals surface area contributed by atoms with Gasteiger partial charge in [-0.25, -0.2) is 4.79 Å². The summed E-state index contributed by atoms with van der Waals surface area (Å²) in [5.41, 5.74) is 0.608. The second-order valence-electron chi connectivity index (χ2n) is 4.80. The molecule has 1 aromatic carbocycles. The molecule has 1 N–H and O–H groups in total. The average Bonchev–Trinajstić information content (AvgIpc) is 2.55. The molecule has 1 aliphatic heterocycles. The standard InChI is InChI=1S/C15H17NO4S2/c17-13(16-10-21-8-6-12(16)14(18)19)7-9-22-15(20)11-4-2-1-3-5-11/h1-5,12H,6-10H2,(H,18,19). The highest BCUT2D eigenvalue weighted by Gasteiger charge is 2.31. The van der Waals surface area contributed by atoms with Crippen LogP contribution in [0.25, 0.3) is 0 Å². The van der Waals surface area contributed by atoms with Gasteiger partial charge in [0.15, 0.2) is 0 Å². The quantitative estimate of drug-likeness (QED) is 0.887. The van der Waals surface area contributed by atoms with Gasteiger partial charge < -0.3 is 10.0 Å². The van der Waals surface area contributed by atoms with Crippen molar-refractivity contribution in [2.24, 2.45) is 0 Å². The lowest BCUT2D eigenvalue weighted by molar-refractivity contribution is -0.149. The second-order valence-corrected chi connectivity index (χ2v) is 6.94. The molecule has 1 heterocycles. The van der Waals surface area contributed by atoms with Gasteiger partial charge in [-0.05, 0) is 12.2 Å². The summed E-state index contributed by atoms with van der Waals surface area (Å²) in [6.45, 7) is 0. The number of carbonyl (C=O) groups excluding carboxylic acids is 2. The molecule has 0 radical (unpaired) electrons. The number of benzene rings is 1. The number of carbonyl (C=O) groups is 3. The van der Waals surface area contributed by atoms with E-state index in [2.05, 4.69) is 0 Å². The summed E-state index contributed by atoms with van der Waals surface area (Å²) in [7, 11) is 0. The summed E-state index contributed by atoms with van der Waals surface area (Å²) in [6, 6.07) is 8.16. The predicted molar refractivity (Wildman–Crippen MR) is 88.1 cm³/mol. The zero-order valence-corrected chi connectivity index (χ0v) is 13.6. The van der Waals surface area contributed by atoms with Crippen molar-refractivity contribution in [2.75, 3.05) is 17.4 Å². The van der Waals surface area contributed by atoms with Crippen LogP contribution in [0.15, 0.2) is 30.3 Å². The molecule has 5 nitrogen and oxygen atoms in total. The zero-order chi connectivity index (χ0) is 15.9.